The predicted octanol–water partition coefficient (Wildman–Crippen LogP) is 1.76. The lowest BCUT2D eigenvalue weighted by Gasteiger charge is -2.24. The molecule has 2 saturated heterocycles. The molecule has 2 aliphatic heterocycles. The average Bonchev–Trinajstić information content (AvgIpc) is 2.93. The first kappa shape index (κ1) is 15.3. The van der Waals surface area contributed by atoms with Gasteiger partial charge in [-0.25, -0.2) is 0 Å². The highest BCUT2D eigenvalue weighted by Gasteiger charge is 2.44. The summed E-state index contributed by atoms with van der Waals surface area (Å²) in [5, 5.41) is 8.72. The number of carboxylic acids is 1. The van der Waals surface area contributed by atoms with Crippen LogP contribution in [-0.2, 0) is 14.3 Å². The predicted molar refractivity (Wildman–Crippen MR) is 74.2 cm³/mol. The van der Waals surface area contributed by atoms with Crippen molar-refractivity contribution in [3.05, 3.63) is 0 Å². The number of likely N-dealkylation sites (tertiary alicyclic amines) is 1. The van der Waals surface area contributed by atoms with Crippen LogP contribution in [0.5, 0.6) is 0 Å². The first-order valence-corrected chi connectivity index (χ1v) is 7.56. The quantitative estimate of drug-likeness (QED) is 0.853. The molecule has 1 amide bonds. The van der Waals surface area contributed by atoms with Crippen LogP contribution >= 0.6 is 0 Å². The largest absolute Gasteiger partial charge is 0.481 e. The summed E-state index contributed by atoms with van der Waals surface area (Å²) in [7, 11) is 0. The molecule has 5 heteroatoms. The summed E-state index contributed by atoms with van der Waals surface area (Å²) in [4.78, 5) is 25.1. The Bertz CT molecular complexity index is 384. The van der Waals surface area contributed by atoms with Crippen LogP contribution in [0.15, 0.2) is 0 Å². The second kappa shape index (κ2) is 6.12. The van der Waals surface area contributed by atoms with E-state index in [9.17, 15) is 9.59 Å². The molecule has 2 rings (SSSR count). The Labute approximate surface area is 120 Å². The number of nitrogens with zero attached hydrogens (tertiary/aromatic N) is 1. The third kappa shape index (κ3) is 3.14. The first-order valence-electron chi connectivity index (χ1n) is 7.56. The molecule has 0 spiro atoms. The number of hydrogen-bond acceptors (Lipinski definition) is 3. The maximum absolute atomic E-state index is 12.6. The van der Waals surface area contributed by atoms with Gasteiger partial charge in [0.15, 0.2) is 0 Å². The van der Waals surface area contributed by atoms with Gasteiger partial charge in [-0.15, -0.1) is 0 Å². The van der Waals surface area contributed by atoms with Gasteiger partial charge in [0.2, 0.25) is 5.91 Å². The Morgan fingerprint density at radius 1 is 1.25 bits per heavy atom. The molecule has 0 aliphatic carbocycles. The van der Waals surface area contributed by atoms with Crippen molar-refractivity contribution in [2.24, 2.45) is 17.8 Å². The zero-order chi connectivity index (χ0) is 14.9. The molecule has 5 nitrogen and oxygen atoms in total. The normalized spacial score (nSPS) is 37.4. The van der Waals surface area contributed by atoms with Gasteiger partial charge in [0.1, 0.15) is 0 Å². The maximum atomic E-state index is 12.6. The van der Waals surface area contributed by atoms with E-state index in [0.717, 1.165) is 13.0 Å². The van der Waals surface area contributed by atoms with E-state index in [4.69, 9.17) is 9.84 Å². The highest BCUT2D eigenvalue weighted by Crippen LogP contribution is 2.35. The Hall–Kier alpha value is -1.10. The third-order valence-electron chi connectivity index (χ3n) is 4.89. The lowest BCUT2D eigenvalue weighted by Crippen LogP contribution is -2.39. The number of hydrogen-bond donors (Lipinski definition) is 1. The van der Waals surface area contributed by atoms with Crippen LogP contribution in [0.1, 0.15) is 40.0 Å². The summed E-state index contributed by atoms with van der Waals surface area (Å²) in [6, 6.07) is 0. The van der Waals surface area contributed by atoms with Gasteiger partial charge in [0.05, 0.1) is 18.1 Å². The number of ether oxygens (including phenoxy) is 1. The lowest BCUT2D eigenvalue weighted by molar-refractivity contribution is -0.137. The summed E-state index contributed by atoms with van der Waals surface area (Å²) in [6.07, 6.45) is 1.89. The highest BCUT2D eigenvalue weighted by atomic mass is 16.5. The molecule has 5 atom stereocenters. The molecule has 1 N–H and O–H groups in total. The summed E-state index contributed by atoms with van der Waals surface area (Å²) in [6.45, 7) is 7.53. The molecular weight excluding hydrogens is 258 g/mol. The summed E-state index contributed by atoms with van der Waals surface area (Å²) in [5.41, 5.74) is 0. The van der Waals surface area contributed by atoms with Crippen molar-refractivity contribution in [2.45, 2.75) is 52.2 Å². The molecule has 0 aromatic carbocycles. The fourth-order valence-corrected chi connectivity index (χ4v) is 3.50. The molecule has 2 heterocycles. The van der Waals surface area contributed by atoms with E-state index < -0.39 is 5.97 Å². The smallest absolute Gasteiger partial charge is 0.303 e. The van der Waals surface area contributed by atoms with Crippen molar-refractivity contribution in [1.29, 1.82) is 0 Å². The zero-order valence-electron chi connectivity index (χ0n) is 12.5. The van der Waals surface area contributed by atoms with E-state index in [2.05, 4.69) is 6.92 Å². The van der Waals surface area contributed by atoms with Crippen LogP contribution in [-0.4, -0.2) is 47.2 Å². The molecule has 20 heavy (non-hydrogen) atoms. The van der Waals surface area contributed by atoms with Crippen molar-refractivity contribution in [3.63, 3.8) is 0 Å². The van der Waals surface area contributed by atoms with Crippen molar-refractivity contribution < 1.29 is 19.4 Å². The summed E-state index contributed by atoms with van der Waals surface area (Å²) < 4.78 is 5.75. The Morgan fingerprint density at radius 2 is 1.95 bits per heavy atom. The Kier molecular flexibility index (Phi) is 4.68. The molecule has 0 aromatic rings. The van der Waals surface area contributed by atoms with Gasteiger partial charge < -0.3 is 14.7 Å². The van der Waals surface area contributed by atoms with Crippen LogP contribution in [0.4, 0.5) is 0 Å². The SMILES string of the molecule is CC1OC(C)C(C(=O)N2CCC(CCC(=O)O)C2)C1C. The van der Waals surface area contributed by atoms with E-state index in [1.807, 2.05) is 18.7 Å². The summed E-state index contributed by atoms with van der Waals surface area (Å²) in [5.74, 6) is -0.0404. The number of carbonyl (C=O) groups is 2. The van der Waals surface area contributed by atoms with Gasteiger partial charge >= 0.3 is 5.97 Å². The number of carbonyl (C=O) groups excluding carboxylic acids is 1. The van der Waals surface area contributed by atoms with Crippen LogP contribution in [0.3, 0.4) is 0 Å². The van der Waals surface area contributed by atoms with Gasteiger partial charge in [0, 0.05) is 19.5 Å². The Morgan fingerprint density at radius 3 is 2.50 bits per heavy atom. The number of amides is 1. The standard InChI is InChI=1S/C15H25NO4/c1-9-10(2)20-11(3)14(9)15(19)16-7-6-12(8-16)4-5-13(17)18/h9-12,14H,4-8H2,1-3H3,(H,17,18). The molecule has 0 bridgehead atoms. The lowest BCUT2D eigenvalue weighted by atomic mass is 9.88. The minimum Gasteiger partial charge on any atom is -0.481 e. The fraction of sp³-hybridized carbons (Fsp3) is 0.867. The minimum atomic E-state index is -0.755. The molecule has 0 aromatic heterocycles. The van der Waals surface area contributed by atoms with E-state index in [1.54, 1.807) is 0 Å². The van der Waals surface area contributed by atoms with Gasteiger partial charge in [0.25, 0.3) is 0 Å². The van der Waals surface area contributed by atoms with E-state index in [1.165, 1.54) is 0 Å². The minimum absolute atomic E-state index is 0.0226. The summed E-state index contributed by atoms with van der Waals surface area (Å²) >= 11 is 0. The molecule has 5 unspecified atom stereocenters. The molecular formula is C15H25NO4. The second-order valence-electron chi connectivity index (χ2n) is 6.30. The van der Waals surface area contributed by atoms with E-state index >= 15 is 0 Å². The molecule has 0 radical (unpaired) electrons. The van der Waals surface area contributed by atoms with Crippen molar-refractivity contribution >= 4 is 11.9 Å². The van der Waals surface area contributed by atoms with Gasteiger partial charge in [-0.1, -0.05) is 6.92 Å². The number of aliphatic carboxylic acids is 1. The fourth-order valence-electron chi connectivity index (χ4n) is 3.50. The van der Waals surface area contributed by atoms with Crippen LogP contribution in [0.25, 0.3) is 0 Å². The second-order valence-corrected chi connectivity index (χ2v) is 6.30. The van der Waals surface area contributed by atoms with Crippen molar-refractivity contribution in [1.82, 2.24) is 4.90 Å². The number of carboxylic acid groups (broad SMARTS) is 1. The topological polar surface area (TPSA) is 66.8 Å². The molecule has 2 fully saturated rings. The Balaban J connectivity index is 1.89. The average molecular weight is 283 g/mol. The zero-order valence-corrected chi connectivity index (χ0v) is 12.5. The van der Waals surface area contributed by atoms with E-state index in [0.29, 0.717) is 18.9 Å². The first-order chi connectivity index (χ1) is 9.40. The highest BCUT2D eigenvalue weighted by molar-refractivity contribution is 5.80. The molecule has 114 valence electrons. The molecule has 0 saturated carbocycles. The van der Waals surface area contributed by atoms with Crippen molar-refractivity contribution in [3.8, 4) is 0 Å². The molecule has 2 aliphatic rings. The van der Waals surface area contributed by atoms with Crippen LogP contribution in [0.2, 0.25) is 0 Å². The third-order valence-corrected chi connectivity index (χ3v) is 4.89. The maximum Gasteiger partial charge on any atom is 0.303 e. The van der Waals surface area contributed by atoms with Gasteiger partial charge in [-0.3, -0.25) is 9.59 Å². The van der Waals surface area contributed by atoms with Crippen LogP contribution < -0.4 is 0 Å². The van der Waals surface area contributed by atoms with Gasteiger partial charge in [-0.05, 0) is 38.5 Å². The van der Waals surface area contributed by atoms with Gasteiger partial charge in [-0.2, -0.15) is 0 Å². The van der Waals surface area contributed by atoms with Crippen molar-refractivity contribution in [2.75, 3.05) is 13.1 Å². The van der Waals surface area contributed by atoms with E-state index in [-0.39, 0.29) is 36.4 Å². The number of rotatable bonds is 4. The monoisotopic (exact) mass is 283 g/mol. The van der Waals surface area contributed by atoms with Crippen LogP contribution in [0, 0.1) is 17.8 Å².